The third-order valence-electron chi connectivity index (χ3n) is 5.03. The molecule has 0 fully saturated rings. The van der Waals surface area contributed by atoms with Gasteiger partial charge in [0.25, 0.3) is 0 Å². The zero-order valence-electron chi connectivity index (χ0n) is 16.5. The highest BCUT2D eigenvalue weighted by Gasteiger charge is 2.24. The van der Waals surface area contributed by atoms with Crippen LogP contribution in [0.15, 0.2) is 48.8 Å². The molecule has 4 rings (SSSR count). The summed E-state index contributed by atoms with van der Waals surface area (Å²) in [5.74, 6) is 0.461. The lowest BCUT2D eigenvalue weighted by atomic mass is 9.97. The first-order chi connectivity index (χ1) is 14.1. The largest absolute Gasteiger partial charge is 0.495 e. The number of fused-ring (bicyclic) bond motifs is 1. The SMILES string of the molecule is CCc1c(C(O)c2ccccc2-c2ccn(C)n2)nc2cc(OC)c(C#N)cn12. The van der Waals surface area contributed by atoms with Gasteiger partial charge in [0.1, 0.15) is 29.1 Å². The lowest BCUT2D eigenvalue weighted by Gasteiger charge is -2.14. The molecule has 1 atom stereocenters. The summed E-state index contributed by atoms with van der Waals surface area (Å²) in [6, 6.07) is 13.4. The number of aliphatic hydroxyl groups is 1. The van der Waals surface area contributed by atoms with Crippen LogP contribution < -0.4 is 4.74 Å². The van der Waals surface area contributed by atoms with Gasteiger partial charge in [0, 0.05) is 36.8 Å². The fourth-order valence-electron chi connectivity index (χ4n) is 3.64. The van der Waals surface area contributed by atoms with Crippen LogP contribution >= 0.6 is 0 Å². The third-order valence-corrected chi connectivity index (χ3v) is 5.03. The minimum atomic E-state index is -0.931. The van der Waals surface area contributed by atoms with Crippen molar-refractivity contribution in [2.24, 2.45) is 7.05 Å². The molecule has 0 saturated heterocycles. The normalized spacial score (nSPS) is 12.1. The zero-order chi connectivity index (χ0) is 20.5. The monoisotopic (exact) mass is 387 g/mol. The molecular weight excluding hydrogens is 366 g/mol. The molecule has 4 aromatic rings. The van der Waals surface area contributed by atoms with Gasteiger partial charge in [0.15, 0.2) is 0 Å². The van der Waals surface area contributed by atoms with Crippen molar-refractivity contribution in [1.82, 2.24) is 19.2 Å². The van der Waals surface area contributed by atoms with Crippen molar-refractivity contribution < 1.29 is 9.84 Å². The molecule has 3 heterocycles. The maximum atomic E-state index is 11.3. The fraction of sp³-hybridized carbons (Fsp3) is 0.227. The van der Waals surface area contributed by atoms with E-state index >= 15 is 0 Å². The van der Waals surface area contributed by atoms with Crippen LogP contribution in [0.25, 0.3) is 16.9 Å². The van der Waals surface area contributed by atoms with Gasteiger partial charge < -0.3 is 14.2 Å². The van der Waals surface area contributed by atoms with Gasteiger partial charge in [-0.25, -0.2) is 4.98 Å². The Morgan fingerprint density at radius 1 is 1.28 bits per heavy atom. The Balaban J connectivity index is 1.89. The van der Waals surface area contributed by atoms with E-state index in [-0.39, 0.29) is 0 Å². The minimum Gasteiger partial charge on any atom is -0.495 e. The molecule has 1 aromatic carbocycles. The van der Waals surface area contributed by atoms with Crippen LogP contribution in [-0.2, 0) is 13.5 Å². The van der Waals surface area contributed by atoms with Crippen LogP contribution in [0.4, 0.5) is 0 Å². The number of aryl methyl sites for hydroxylation is 2. The van der Waals surface area contributed by atoms with Gasteiger partial charge in [-0.3, -0.25) is 4.68 Å². The van der Waals surface area contributed by atoms with Gasteiger partial charge in [-0.05, 0) is 18.1 Å². The van der Waals surface area contributed by atoms with Gasteiger partial charge in [0.2, 0.25) is 0 Å². The average Bonchev–Trinajstić information content (AvgIpc) is 3.34. The molecular formula is C22H21N5O2. The molecule has 0 radical (unpaired) electrons. The summed E-state index contributed by atoms with van der Waals surface area (Å²) in [6.07, 6.45) is 3.30. The topological polar surface area (TPSA) is 88.4 Å². The molecule has 7 heteroatoms. The van der Waals surface area contributed by atoms with Crippen molar-refractivity contribution in [1.29, 1.82) is 5.26 Å². The average molecular weight is 387 g/mol. The number of pyridine rings is 1. The Labute approximate surface area is 168 Å². The smallest absolute Gasteiger partial charge is 0.141 e. The lowest BCUT2D eigenvalue weighted by Crippen LogP contribution is -2.06. The second-order valence-corrected chi connectivity index (χ2v) is 6.76. The van der Waals surface area contributed by atoms with Gasteiger partial charge >= 0.3 is 0 Å². The van der Waals surface area contributed by atoms with Gasteiger partial charge in [-0.2, -0.15) is 10.4 Å². The van der Waals surface area contributed by atoms with Gasteiger partial charge in [0.05, 0.1) is 18.5 Å². The zero-order valence-corrected chi connectivity index (χ0v) is 16.5. The number of nitrogens with zero attached hydrogens (tertiary/aromatic N) is 5. The standard InChI is InChI=1S/C22H21N5O2/c1-4-18-21(24-20-11-19(29-3)14(12-23)13-27(18)20)22(28)16-8-6-5-7-15(16)17-9-10-26(2)25-17/h5-11,13,22,28H,4H2,1-3H3. The van der Waals surface area contributed by atoms with E-state index in [0.29, 0.717) is 29.1 Å². The molecule has 1 unspecified atom stereocenters. The van der Waals surface area contributed by atoms with Crippen LogP contribution in [0.2, 0.25) is 0 Å². The molecule has 29 heavy (non-hydrogen) atoms. The highest BCUT2D eigenvalue weighted by Crippen LogP contribution is 2.33. The minimum absolute atomic E-state index is 0.419. The maximum absolute atomic E-state index is 11.3. The third kappa shape index (κ3) is 3.13. The van der Waals surface area contributed by atoms with Crippen molar-refractivity contribution in [2.45, 2.75) is 19.4 Å². The second-order valence-electron chi connectivity index (χ2n) is 6.76. The first-order valence-electron chi connectivity index (χ1n) is 9.33. The molecule has 146 valence electrons. The van der Waals surface area contributed by atoms with E-state index in [1.165, 1.54) is 7.11 Å². The number of benzene rings is 1. The second kappa shape index (κ2) is 7.41. The van der Waals surface area contributed by atoms with E-state index in [0.717, 1.165) is 22.5 Å². The summed E-state index contributed by atoms with van der Waals surface area (Å²) in [6.45, 7) is 2.00. The van der Waals surface area contributed by atoms with E-state index in [4.69, 9.17) is 4.74 Å². The van der Waals surface area contributed by atoms with Crippen LogP contribution in [0.1, 0.15) is 35.5 Å². The Bertz CT molecular complexity index is 1230. The van der Waals surface area contributed by atoms with E-state index in [1.54, 1.807) is 16.9 Å². The molecule has 0 aliphatic heterocycles. The predicted molar refractivity (Wildman–Crippen MR) is 109 cm³/mol. The molecule has 0 amide bonds. The number of hydrogen-bond donors (Lipinski definition) is 1. The van der Waals surface area contributed by atoms with Crippen LogP contribution in [0.5, 0.6) is 5.75 Å². The number of nitriles is 1. The van der Waals surface area contributed by atoms with Crippen LogP contribution in [0, 0.1) is 11.3 Å². The van der Waals surface area contributed by atoms with Crippen molar-refractivity contribution >= 4 is 5.65 Å². The summed E-state index contributed by atoms with van der Waals surface area (Å²) in [7, 11) is 3.38. The first kappa shape index (κ1) is 18.7. The summed E-state index contributed by atoms with van der Waals surface area (Å²) < 4.78 is 8.89. The fourth-order valence-corrected chi connectivity index (χ4v) is 3.64. The molecule has 7 nitrogen and oxygen atoms in total. The van der Waals surface area contributed by atoms with E-state index in [2.05, 4.69) is 16.2 Å². The lowest BCUT2D eigenvalue weighted by molar-refractivity contribution is 0.215. The van der Waals surface area contributed by atoms with E-state index in [1.807, 2.05) is 54.9 Å². The van der Waals surface area contributed by atoms with Crippen LogP contribution in [-0.4, -0.2) is 31.4 Å². The number of aromatic nitrogens is 4. The molecule has 1 N–H and O–H groups in total. The molecule has 0 aliphatic carbocycles. The van der Waals surface area contributed by atoms with Crippen molar-refractivity contribution in [3.8, 4) is 23.1 Å². The summed E-state index contributed by atoms with van der Waals surface area (Å²) in [5.41, 5.74) is 4.84. The van der Waals surface area contributed by atoms with E-state index < -0.39 is 6.10 Å². The van der Waals surface area contributed by atoms with Crippen LogP contribution in [0.3, 0.4) is 0 Å². The van der Waals surface area contributed by atoms with E-state index in [9.17, 15) is 10.4 Å². The predicted octanol–water partition coefficient (Wildman–Crippen LogP) is 3.26. The maximum Gasteiger partial charge on any atom is 0.141 e. The van der Waals surface area contributed by atoms with Crippen molar-refractivity contribution in [3.63, 3.8) is 0 Å². The summed E-state index contributed by atoms with van der Waals surface area (Å²) in [4.78, 5) is 4.68. The Morgan fingerprint density at radius 3 is 2.72 bits per heavy atom. The van der Waals surface area contributed by atoms with Crippen molar-refractivity contribution in [3.05, 3.63) is 71.3 Å². The number of ether oxygens (including phenoxy) is 1. The van der Waals surface area contributed by atoms with Gasteiger partial charge in [-0.1, -0.05) is 31.2 Å². The molecule has 0 bridgehead atoms. The summed E-state index contributed by atoms with van der Waals surface area (Å²) >= 11 is 0. The molecule has 0 spiro atoms. The highest BCUT2D eigenvalue weighted by molar-refractivity contribution is 5.65. The molecule has 3 aromatic heterocycles. The Morgan fingerprint density at radius 2 is 2.07 bits per heavy atom. The quantitative estimate of drug-likeness (QED) is 0.568. The highest BCUT2D eigenvalue weighted by atomic mass is 16.5. The van der Waals surface area contributed by atoms with Gasteiger partial charge in [-0.15, -0.1) is 0 Å². The number of aliphatic hydroxyl groups excluding tert-OH is 1. The number of imidazole rings is 1. The van der Waals surface area contributed by atoms with Crippen molar-refractivity contribution in [2.75, 3.05) is 7.11 Å². The molecule has 0 aliphatic rings. The Hall–Kier alpha value is -3.63. The first-order valence-corrected chi connectivity index (χ1v) is 9.33. The number of rotatable bonds is 5. The Kier molecular flexibility index (Phi) is 4.79. The number of hydrogen-bond acceptors (Lipinski definition) is 5. The number of methoxy groups -OCH3 is 1. The summed E-state index contributed by atoms with van der Waals surface area (Å²) in [5, 5.41) is 25.2. The molecule has 0 saturated carbocycles.